The number of aliphatic hydroxyl groups is 1. The van der Waals surface area contributed by atoms with E-state index in [2.05, 4.69) is 9.36 Å². The van der Waals surface area contributed by atoms with E-state index in [1.54, 1.807) is 30.0 Å². The molecule has 7 nitrogen and oxygen atoms in total. The molecular weight excluding hydrogens is 348 g/mol. The lowest BCUT2D eigenvalue weighted by molar-refractivity contribution is 0.0301. The van der Waals surface area contributed by atoms with Crippen LogP contribution in [0.25, 0.3) is 0 Å². The minimum Gasteiger partial charge on any atom is -0.386 e. The summed E-state index contributed by atoms with van der Waals surface area (Å²) in [6.07, 6.45) is 2.50. The lowest BCUT2D eigenvalue weighted by atomic mass is 10.1. The van der Waals surface area contributed by atoms with Crippen LogP contribution in [-0.4, -0.2) is 62.3 Å². The number of hydrogen-bond donors (Lipinski definition) is 1. The van der Waals surface area contributed by atoms with Crippen molar-refractivity contribution in [2.75, 3.05) is 20.1 Å². The molecule has 1 saturated heterocycles. The van der Waals surface area contributed by atoms with Gasteiger partial charge in [0.05, 0.1) is 12.2 Å². The van der Waals surface area contributed by atoms with Crippen molar-refractivity contribution in [2.24, 2.45) is 0 Å². The van der Waals surface area contributed by atoms with Gasteiger partial charge in [-0.05, 0) is 30.9 Å². The Balaban J connectivity index is 1.59. The van der Waals surface area contributed by atoms with E-state index >= 15 is 0 Å². The quantitative estimate of drug-likeness (QED) is 0.887. The Bertz CT molecular complexity index is 764. The Morgan fingerprint density at radius 3 is 2.67 bits per heavy atom. The Kier molecular flexibility index (Phi) is 4.66. The van der Waals surface area contributed by atoms with Gasteiger partial charge in [-0.1, -0.05) is 0 Å². The van der Waals surface area contributed by atoms with E-state index in [4.69, 9.17) is 0 Å². The van der Waals surface area contributed by atoms with E-state index in [0.29, 0.717) is 27.9 Å². The zero-order chi connectivity index (χ0) is 17.4. The third-order valence-electron chi connectivity index (χ3n) is 4.05. The molecule has 1 aliphatic rings. The molecule has 0 aliphatic carbocycles. The van der Waals surface area contributed by atoms with Crippen molar-refractivity contribution in [3.8, 4) is 0 Å². The van der Waals surface area contributed by atoms with Crippen molar-refractivity contribution < 1.29 is 14.7 Å². The highest BCUT2D eigenvalue weighted by Crippen LogP contribution is 2.25. The normalized spacial score (nSPS) is 15.9. The van der Waals surface area contributed by atoms with E-state index in [0.717, 1.165) is 5.56 Å². The molecule has 1 fully saturated rings. The van der Waals surface area contributed by atoms with Crippen molar-refractivity contribution in [1.82, 2.24) is 19.2 Å². The SMILES string of the molecule is Cc1cnsc1C(=O)N1CC(N(C)C(=O)c2cnc(C(C)O)s2)C1. The van der Waals surface area contributed by atoms with Crippen LogP contribution in [0.1, 0.15) is 42.9 Å². The number of aryl methyl sites for hydroxylation is 1. The number of rotatable bonds is 4. The number of nitrogens with zero attached hydrogens (tertiary/aromatic N) is 4. The molecule has 9 heteroatoms. The highest BCUT2D eigenvalue weighted by molar-refractivity contribution is 7.13. The summed E-state index contributed by atoms with van der Waals surface area (Å²) in [5.41, 5.74) is 0.883. The lowest BCUT2D eigenvalue weighted by Gasteiger charge is -2.43. The molecule has 3 rings (SSSR count). The maximum atomic E-state index is 12.5. The molecule has 0 aromatic carbocycles. The van der Waals surface area contributed by atoms with Crippen LogP contribution in [0.15, 0.2) is 12.4 Å². The monoisotopic (exact) mass is 366 g/mol. The van der Waals surface area contributed by atoms with E-state index in [9.17, 15) is 14.7 Å². The second kappa shape index (κ2) is 6.58. The van der Waals surface area contributed by atoms with Gasteiger partial charge in [0.15, 0.2) is 0 Å². The molecule has 1 unspecified atom stereocenters. The van der Waals surface area contributed by atoms with Crippen molar-refractivity contribution in [3.05, 3.63) is 32.7 Å². The van der Waals surface area contributed by atoms with Crippen LogP contribution in [0.4, 0.5) is 0 Å². The van der Waals surface area contributed by atoms with Crippen molar-refractivity contribution in [3.63, 3.8) is 0 Å². The van der Waals surface area contributed by atoms with Gasteiger partial charge in [-0.2, -0.15) is 0 Å². The van der Waals surface area contributed by atoms with Gasteiger partial charge < -0.3 is 14.9 Å². The standard InChI is InChI=1S/C15H18N4O3S2/c1-8-4-17-24-12(8)15(22)19-6-10(7-19)18(3)14(21)11-5-16-13(23-11)9(2)20/h4-5,9-10,20H,6-7H2,1-3H3. The first-order valence-electron chi connectivity index (χ1n) is 7.50. The second-order valence-electron chi connectivity index (χ2n) is 5.86. The average molecular weight is 366 g/mol. The number of likely N-dealkylation sites (tertiary alicyclic amines) is 1. The number of amides is 2. The molecule has 24 heavy (non-hydrogen) atoms. The van der Waals surface area contributed by atoms with Gasteiger partial charge in [0.2, 0.25) is 0 Å². The molecule has 1 N–H and O–H groups in total. The van der Waals surface area contributed by atoms with Crippen molar-refractivity contribution in [1.29, 1.82) is 0 Å². The summed E-state index contributed by atoms with van der Waals surface area (Å²) in [6, 6.07) is -0.00761. The molecule has 2 aromatic rings. The summed E-state index contributed by atoms with van der Waals surface area (Å²) in [4.78, 5) is 33.4. The Morgan fingerprint density at radius 1 is 1.42 bits per heavy atom. The molecule has 3 heterocycles. The molecule has 0 saturated carbocycles. The molecule has 0 bridgehead atoms. The number of thiazole rings is 1. The topological polar surface area (TPSA) is 86.6 Å². The number of likely N-dealkylation sites (N-methyl/N-ethyl adjacent to an activating group) is 1. The van der Waals surface area contributed by atoms with E-state index in [-0.39, 0.29) is 17.9 Å². The zero-order valence-corrected chi connectivity index (χ0v) is 15.2. The second-order valence-corrected chi connectivity index (χ2v) is 7.72. The first-order valence-corrected chi connectivity index (χ1v) is 9.09. The fourth-order valence-electron chi connectivity index (χ4n) is 2.43. The summed E-state index contributed by atoms with van der Waals surface area (Å²) in [7, 11) is 1.73. The minimum absolute atomic E-state index is 0.00761. The predicted molar refractivity (Wildman–Crippen MR) is 91.4 cm³/mol. The summed E-state index contributed by atoms with van der Waals surface area (Å²) < 4.78 is 4.03. The molecule has 2 amide bonds. The number of hydrogen-bond acceptors (Lipinski definition) is 7. The molecule has 2 aromatic heterocycles. The van der Waals surface area contributed by atoms with E-state index in [1.165, 1.54) is 29.1 Å². The van der Waals surface area contributed by atoms with Gasteiger partial charge in [-0.25, -0.2) is 9.36 Å². The third-order valence-corrected chi connectivity index (χ3v) is 6.10. The lowest BCUT2D eigenvalue weighted by Crippen LogP contribution is -2.61. The molecular formula is C15H18N4O3S2. The Morgan fingerprint density at radius 2 is 2.12 bits per heavy atom. The first-order chi connectivity index (χ1) is 11.4. The maximum Gasteiger partial charge on any atom is 0.265 e. The summed E-state index contributed by atoms with van der Waals surface area (Å²) >= 11 is 2.40. The van der Waals surface area contributed by atoms with Gasteiger partial charge in [0.25, 0.3) is 11.8 Å². The van der Waals surface area contributed by atoms with Gasteiger partial charge in [-0.3, -0.25) is 9.59 Å². The van der Waals surface area contributed by atoms with E-state index in [1.807, 2.05) is 6.92 Å². The van der Waals surface area contributed by atoms with Gasteiger partial charge >= 0.3 is 0 Å². The van der Waals surface area contributed by atoms with Crippen LogP contribution in [0, 0.1) is 6.92 Å². The first kappa shape index (κ1) is 17.0. The third kappa shape index (κ3) is 3.06. The van der Waals surface area contributed by atoms with Crippen LogP contribution >= 0.6 is 22.9 Å². The van der Waals surface area contributed by atoms with Crippen molar-refractivity contribution >= 4 is 34.7 Å². The van der Waals surface area contributed by atoms with Crippen LogP contribution in [0.5, 0.6) is 0 Å². The Labute approximate surface area is 147 Å². The highest BCUT2D eigenvalue weighted by atomic mass is 32.1. The van der Waals surface area contributed by atoms with Crippen LogP contribution in [-0.2, 0) is 0 Å². The molecule has 0 radical (unpaired) electrons. The van der Waals surface area contributed by atoms with Crippen LogP contribution in [0.2, 0.25) is 0 Å². The van der Waals surface area contributed by atoms with Crippen LogP contribution in [0.3, 0.4) is 0 Å². The predicted octanol–water partition coefficient (Wildman–Crippen LogP) is 1.56. The van der Waals surface area contributed by atoms with Gasteiger partial charge in [0.1, 0.15) is 20.9 Å². The summed E-state index contributed by atoms with van der Waals surface area (Å²) in [5, 5.41) is 10.0. The number of aromatic nitrogens is 2. The molecule has 1 atom stereocenters. The fraction of sp³-hybridized carbons (Fsp3) is 0.467. The maximum absolute atomic E-state index is 12.5. The number of carbonyl (C=O) groups is 2. The van der Waals surface area contributed by atoms with Gasteiger partial charge in [0, 0.05) is 26.3 Å². The summed E-state index contributed by atoms with van der Waals surface area (Å²) in [5.74, 6) is -0.160. The fourth-order valence-corrected chi connectivity index (χ4v) is 3.98. The largest absolute Gasteiger partial charge is 0.386 e. The highest BCUT2D eigenvalue weighted by Gasteiger charge is 2.37. The number of carbonyl (C=O) groups excluding carboxylic acids is 2. The van der Waals surface area contributed by atoms with Gasteiger partial charge in [-0.15, -0.1) is 11.3 Å². The smallest absolute Gasteiger partial charge is 0.265 e. The van der Waals surface area contributed by atoms with E-state index < -0.39 is 6.10 Å². The summed E-state index contributed by atoms with van der Waals surface area (Å²) in [6.45, 7) is 4.52. The molecule has 1 aliphatic heterocycles. The van der Waals surface area contributed by atoms with Crippen LogP contribution < -0.4 is 0 Å². The van der Waals surface area contributed by atoms with Crippen molar-refractivity contribution in [2.45, 2.75) is 26.0 Å². The Hall–Kier alpha value is -1.84. The minimum atomic E-state index is -0.679. The molecule has 0 spiro atoms. The number of aliphatic hydroxyl groups excluding tert-OH is 1. The average Bonchev–Trinajstić information content (AvgIpc) is 3.13. The molecule has 128 valence electrons. The zero-order valence-electron chi connectivity index (χ0n) is 13.6.